The summed E-state index contributed by atoms with van der Waals surface area (Å²) >= 11 is 0. The molecule has 1 saturated heterocycles. The molecule has 4 nitrogen and oxygen atoms in total. The van der Waals surface area contributed by atoms with E-state index in [0.717, 1.165) is 24.6 Å². The maximum absolute atomic E-state index is 12.8. The molecule has 0 bridgehead atoms. The second-order valence-corrected chi connectivity index (χ2v) is 8.28. The van der Waals surface area contributed by atoms with Crippen LogP contribution in [0.5, 0.6) is 11.5 Å². The Morgan fingerprint density at radius 1 is 0.941 bits per heavy atom. The molecular formula is C24H23F6NO3. The highest BCUT2D eigenvalue weighted by molar-refractivity contribution is 5.75. The van der Waals surface area contributed by atoms with Gasteiger partial charge in [-0.2, -0.15) is 26.3 Å². The quantitative estimate of drug-likeness (QED) is 0.520. The first-order chi connectivity index (χ1) is 16.0. The number of hydrogen-bond donors (Lipinski definition) is 1. The van der Waals surface area contributed by atoms with E-state index in [1.54, 1.807) is 0 Å². The van der Waals surface area contributed by atoms with Gasteiger partial charge in [0.1, 0.15) is 17.1 Å². The summed E-state index contributed by atoms with van der Waals surface area (Å²) in [6.45, 7) is -2.21. The number of hydrogen-bond acceptors (Lipinski definition) is 4. The first-order valence-electron chi connectivity index (χ1n) is 10.7. The molecule has 0 saturated carbocycles. The molecule has 34 heavy (non-hydrogen) atoms. The van der Waals surface area contributed by atoms with E-state index in [2.05, 4.69) is 5.32 Å². The molecule has 184 valence electrons. The van der Waals surface area contributed by atoms with Gasteiger partial charge in [-0.25, -0.2) is 0 Å². The lowest BCUT2D eigenvalue weighted by atomic mass is 9.81. The lowest BCUT2D eigenvalue weighted by Gasteiger charge is -2.40. The Labute approximate surface area is 192 Å². The Bertz CT molecular complexity index is 1020. The Balaban J connectivity index is 1.68. The smallest absolute Gasteiger partial charge is 0.422 e. The SMILES string of the molecule is FC(F)(F)COc1ccc(OCC(F)(F)F)c(C2=C[C@@]3(CCCN[C@H]3c3ccccc3)OC2)c1. The summed E-state index contributed by atoms with van der Waals surface area (Å²) in [5.74, 6) is -0.237. The fourth-order valence-electron chi connectivity index (χ4n) is 4.33. The van der Waals surface area contributed by atoms with Crippen molar-refractivity contribution in [1.29, 1.82) is 0 Å². The molecule has 0 aliphatic carbocycles. The first-order valence-corrected chi connectivity index (χ1v) is 10.7. The molecular weight excluding hydrogens is 464 g/mol. The molecule has 2 aromatic rings. The Hall–Kier alpha value is -2.72. The molecule has 0 amide bonds. The van der Waals surface area contributed by atoms with E-state index in [1.165, 1.54) is 12.1 Å². The van der Waals surface area contributed by atoms with Crippen LogP contribution < -0.4 is 14.8 Å². The van der Waals surface area contributed by atoms with Crippen LogP contribution in [0.3, 0.4) is 0 Å². The number of rotatable bonds is 6. The maximum Gasteiger partial charge on any atom is 0.422 e. The van der Waals surface area contributed by atoms with Gasteiger partial charge in [0.2, 0.25) is 0 Å². The normalized spacial score (nSPS) is 23.1. The Morgan fingerprint density at radius 2 is 1.65 bits per heavy atom. The van der Waals surface area contributed by atoms with Gasteiger partial charge in [-0.05, 0) is 54.8 Å². The second kappa shape index (κ2) is 9.50. The third-order valence-electron chi connectivity index (χ3n) is 5.72. The topological polar surface area (TPSA) is 39.7 Å². The van der Waals surface area contributed by atoms with Crippen LogP contribution in [0.2, 0.25) is 0 Å². The van der Waals surface area contributed by atoms with Crippen LogP contribution in [0, 0.1) is 0 Å². The van der Waals surface area contributed by atoms with E-state index in [9.17, 15) is 26.3 Å². The van der Waals surface area contributed by atoms with Crippen LogP contribution >= 0.6 is 0 Å². The average Bonchev–Trinajstić information content (AvgIpc) is 3.20. The zero-order chi connectivity index (χ0) is 24.4. The molecule has 2 atom stereocenters. The number of ether oxygens (including phenoxy) is 3. The minimum absolute atomic E-state index is 0.0656. The molecule has 2 aliphatic heterocycles. The van der Waals surface area contributed by atoms with E-state index in [4.69, 9.17) is 14.2 Å². The van der Waals surface area contributed by atoms with Gasteiger partial charge in [0.25, 0.3) is 0 Å². The Morgan fingerprint density at radius 3 is 2.35 bits per heavy atom. The van der Waals surface area contributed by atoms with E-state index < -0.39 is 31.2 Å². The Kier molecular flexibility index (Phi) is 6.82. The summed E-state index contributed by atoms with van der Waals surface area (Å²) in [4.78, 5) is 0. The lowest BCUT2D eigenvalue weighted by molar-refractivity contribution is -0.154. The van der Waals surface area contributed by atoms with Crippen LogP contribution in [0.25, 0.3) is 5.57 Å². The molecule has 2 aliphatic rings. The largest absolute Gasteiger partial charge is 0.484 e. The predicted molar refractivity (Wildman–Crippen MR) is 113 cm³/mol. The van der Waals surface area contributed by atoms with Crippen molar-refractivity contribution in [3.05, 3.63) is 65.7 Å². The van der Waals surface area contributed by atoms with Crippen molar-refractivity contribution in [2.75, 3.05) is 26.4 Å². The van der Waals surface area contributed by atoms with Crippen molar-refractivity contribution in [3.8, 4) is 11.5 Å². The van der Waals surface area contributed by atoms with Crippen molar-refractivity contribution in [1.82, 2.24) is 5.32 Å². The van der Waals surface area contributed by atoms with Crippen LogP contribution in [-0.4, -0.2) is 44.3 Å². The maximum atomic E-state index is 12.8. The summed E-state index contributed by atoms with van der Waals surface area (Å²) in [7, 11) is 0. The zero-order valence-electron chi connectivity index (χ0n) is 18.0. The summed E-state index contributed by atoms with van der Waals surface area (Å²) < 4.78 is 92.2. The van der Waals surface area contributed by atoms with Gasteiger partial charge in [-0.15, -0.1) is 0 Å². The predicted octanol–water partition coefficient (Wildman–Crippen LogP) is 5.85. The number of nitrogens with one attached hydrogen (secondary N) is 1. The summed E-state index contributed by atoms with van der Waals surface area (Å²) in [5.41, 5.74) is 0.979. The van der Waals surface area contributed by atoms with E-state index >= 15 is 0 Å². The van der Waals surface area contributed by atoms with Crippen molar-refractivity contribution in [2.24, 2.45) is 0 Å². The molecule has 1 spiro atoms. The van der Waals surface area contributed by atoms with Crippen molar-refractivity contribution < 1.29 is 40.6 Å². The fourth-order valence-corrected chi connectivity index (χ4v) is 4.33. The number of halogens is 6. The molecule has 2 heterocycles. The molecule has 4 rings (SSSR count). The van der Waals surface area contributed by atoms with Crippen LogP contribution in [0.1, 0.15) is 30.0 Å². The van der Waals surface area contributed by atoms with Crippen LogP contribution in [-0.2, 0) is 4.74 Å². The third kappa shape index (κ3) is 5.85. The van der Waals surface area contributed by atoms with Gasteiger partial charge in [0.05, 0.1) is 12.6 Å². The van der Waals surface area contributed by atoms with Crippen molar-refractivity contribution in [2.45, 2.75) is 36.8 Å². The van der Waals surface area contributed by atoms with E-state index in [1.807, 2.05) is 36.4 Å². The highest BCUT2D eigenvalue weighted by Gasteiger charge is 2.45. The van der Waals surface area contributed by atoms with Gasteiger partial charge in [0.15, 0.2) is 13.2 Å². The highest BCUT2D eigenvalue weighted by atomic mass is 19.4. The van der Waals surface area contributed by atoms with Crippen molar-refractivity contribution in [3.63, 3.8) is 0 Å². The van der Waals surface area contributed by atoms with E-state index in [-0.39, 0.29) is 29.7 Å². The highest BCUT2D eigenvalue weighted by Crippen LogP contribution is 2.45. The fraction of sp³-hybridized carbons (Fsp3) is 0.417. The average molecular weight is 487 g/mol. The minimum atomic E-state index is -4.57. The molecule has 10 heteroatoms. The standard InChI is InChI=1S/C24H23F6NO3/c25-23(26,27)14-32-18-7-8-20(33-15-24(28,29)30)19(11-18)17-12-22(34-13-17)9-4-10-31-21(22)16-5-2-1-3-6-16/h1-3,5-8,11-12,21,31H,4,9-10,13-15H2/t21-,22+/m0/s1. The lowest BCUT2D eigenvalue weighted by Crippen LogP contribution is -2.47. The monoisotopic (exact) mass is 487 g/mol. The first kappa shape index (κ1) is 24.4. The van der Waals surface area contributed by atoms with Crippen LogP contribution in [0.4, 0.5) is 26.3 Å². The van der Waals surface area contributed by atoms with Gasteiger partial charge in [-0.3, -0.25) is 0 Å². The van der Waals surface area contributed by atoms with Gasteiger partial charge in [-0.1, -0.05) is 30.3 Å². The summed E-state index contributed by atoms with van der Waals surface area (Å²) in [5, 5.41) is 3.45. The van der Waals surface area contributed by atoms with Gasteiger partial charge >= 0.3 is 12.4 Å². The molecule has 0 radical (unpaired) electrons. The number of piperidine rings is 1. The number of benzene rings is 2. The van der Waals surface area contributed by atoms with E-state index in [0.29, 0.717) is 12.0 Å². The molecule has 0 aromatic heterocycles. The second-order valence-electron chi connectivity index (χ2n) is 8.28. The molecule has 1 fully saturated rings. The zero-order valence-corrected chi connectivity index (χ0v) is 18.0. The molecule has 0 unspecified atom stereocenters. The van der Waals surface area contributed by atoms with Gasteiger partial charge < -0.3 is 19.5 Å². The molecule has 1 N–H and O–H groups in total. The molecule has 2 aromatic carbocycles. The van der Waals surface area contributed by atoms with Gasteiger partial charge in [0, 0.05) is 5.56 Å². The summed E-state index contributed by atoms with van der Waals surface area (Å²) in [6.07, 6.45) is -5.79. The van der Waals surface area contributed by atoms with Crippen LogP contribution in [0.15, 0.2) is 54.6 Å². The van der Waals surface area contributed by atoms with Crippen molar-refractivity contribution >= 4 is 5.57 Å². The third-order valence-corrected chi connectivity index (χ3v) is 5.72. The summed E-state index contributed by atoms with van der Waals surface area (Å²) in [6, 6.07) is 13.0. The minimum Gasteiger partial charge on any atom is -0.484 e. The number of alkyl halides is 6.